The van der Waals surface area contributed by atoms with Crippen molar-refractivity contribution in [2.24, 2.45) is 0 Å². The first-order chi connectivity index (χ1) is 12.0. The van der Waals surface area contributed by atoms with Crippen LogP contribution >= 0.6 is 23.2 Å². The van der Waals surface area contributed by atoms with Gasteiger partial charge < -0.3 is 5.11 Å². The number of hydrogen-bond acceptors (Lipinski definition) is 3. The highest BCUT2D eigenvalue weighted by molar-refractivity contribution is 6.32. The zero-order valence-corrected chi connectivity index (χ0v) is 15.1. The third kappa shape index (κ3) is 2.29. The van der Waals surface area contributed by atoms with Crippen molar-refractivity contribution in [3.05, 3.63) is 80.5 Å². The van der Waals surface area contributed by atoms with Crippen molar-refractivity contribution in [3.8, 4) is 6.19 Å². The lowest BCUT2D eigenvalue weighted by atomic mass is 9.78. The highest BCUT2D eigenvalue weighted by Gasteiger charge is 2.46. The topological polar surface area (TPSA) is 47.3 Å². The number of benzene rings is 1. The Labute approximate surface area is 156 Å². The summed E-state index contributed by atoms with van der Waals surface area (Å²) in [6.45, 7) is 2.07. The van der Waals surface area contributed by atoms with Crippen LogP contribution in [0.4, 0.5) is 0 Å². The average molecular weight is 371 g/mol. The first kappa shape index (κ1) is 16.5. The van der Waals surface area contributed by atoms with E-state index in [9.17, 15) is 10.4 Å². The smallest absolute Gasteiger partial charge is 0.184 e. The highest BCUT2D eigenvalue weighted by Crippen LogP contribution is 2.53. The number of aliphatic hydroxyl groups is 1. The van der Waals surface area contributed by atoms with Crippen LogP contribution in [-0.2, 0) is 5.60 Å². The van der Waals surface area contributed by atoms with Crippen molar-refractivity contribution in [1.29, 1.82) is 5.26 Å². The van der Waals surface area contributed by atoms with E-state index in [2.05, 4.69) is 13.1 Å². The normalized spacial score (nSPS) is 27.4. The van der Waals surface area contributed by atoms with E-state index in [0.29, 0.717) is 15.6 Å². The van der Waals surface area contributed by atoms with Crippen LogP contribution in [0.15, 0.2) is 69.9 Å². The third-order valence-corrected chi connectivity index (χ3v) is 5.69. The number of fused-ring (bicyclic) bond motifs is 2. The number of halogens is 2. The maximum atomic E-state index is 11.7. The van der Waals surface area contributed by atoms with Gasteiger partial charge in [0.15, 0.2) is 6.19 Å². The molecule has 1 aromatic carbocycles. The van der Waals surface area contributed by atoms with Crippen LogP contribution < -0.4 is 0 Å². The summed E-state index contributed by atoms with van der Waals surface area (Å²) in [7, 11) is 0. The Morgan fingerprint density at radius 3 is 2.76 bits per heavy atom. The maximum absolute atomic E-state index is 11.7. The van der Waals surface area contributed by atoms with Gasteiger partial charge in [-0.3, -0.25) is 4.90 Å². The van der Waals surface area contributed by atoms with Crippen molar-refractivity contribution in [3.63, 3.8) is 0 Å². The average Bonchev–Trinajstić information content (AvgIpc) is 3.09. The van der Waals surface area contributed by atoms with E-state index in [1.807, 2.05) is 30.4 Å². The van der Waals surface area contributed by atoms with Gasteiger partial charge in [0.1, 0.15) is 5.60 Å². The fraction of sp³-hybridized carbons (Fsp3) is 0.250. The Bertz CT molecular complexity index is 935. The lowest BCUT2D eigenvalue weighted by Gasteiger charge is -2.32. The molecule has 0 aromatic heterocycles. The quantitative estimate of drug-likeness (QED) is 0.764. The molecule has 3 aliphatic rings. The van der Waals surface area contributed by atoms with Gasteiger partial charge in [-0.15, -0.1) is 0 Å². The summed E-state index contributed by atoms with van der Waals surface area (Å²) in [6, 6.07) is 7.37. The summed E-state index contributed by atoms with van der Waals surface area (Å²) in [5, 5.41) is 22.1. The van der Waals surface area contributed by atoms with Crippen molar-refractivity contribution in [1.82, 2.24) is 4.90 Å². The van der Waals surface area contributed by atoms with E-state index >= 15 is 0 Å². The van der Waals surface area contributed by atoms with E-state index in [1.54, 1.807) is 17.0 Å². The Kier molecular flexibility index (Phi) is 3.81. The number of nitriles is 1. The largest absolute Gasteiger partial charge is 0.377 e. The van der Waals surface area contributed by atoms with Crippen LogP contribution in [0, 0.1) is 11.5 Å². The predicted molar refractivity (Wildman–Crippen MR) is 98.6 cm³/mol. The van der Waals surface area contributed by atoms with Gasteiger partial charge in [-0.2, -0.15) is 5.26 Å². The van der Waals surface area contributed by atoms with Crippen LogP contribution in [0.2, 0.25) is 5.02 Å². The zero-order valence-electron chi connectivity index (χ0n) is 13.6. The van der Waals surface area contributed by atoms with Gasteiger partial charge in [-0.1, -0.05) is 48.3 Å². The second kappa shape index (κ2) is 5.78. The third-order valence-electron chi connectivity index (χ3n) is 5.14. The van der Waals surface area contributed by atoms with Crippen LogP contribution in [-0.4, -0.2) is 16.0 Å². The monoisotopic (exact) mass is 370 g/mol. The molecule has 126 valence electrons. The molecule has 0 bridgehead atoms. The van der Waals surface area contributed by atoms with E-state index in [1.165, 1.54) is 0 Å². The maximum Gasteiger partial charge on any atom is 0.184 e. The summed E-state index contributed by atoms with van der Waals surface area (Å²) in [5.41, 5.74) is 2.69. The molecule has 0 spiro atoms. The second-order valence-corrected chi connectivity index (χ2v) is 7.34. The molecule has 1 fully saturated rings. The van der Waals surface area contributed by atoms with Gasteiger partial charge in [0, 0.05) is 27.2 Å². The molecule has 1 N–H and O–H groups in total. The molecule has 3 nitrogen and oxygen atoms in total. The number of rotatable bonds is 2. The van der Waals surface area contributed by atoms with Crippen LogP contribution in [0.5, 0.6) is 0 Å². The second-order valence-electron chi connectivity index (χ2n) is 6.49. The molecule has 5 heteroatoms. The number of hydrogen-bond donors (Lipinski definition) is 1. The summed E-state index contributed by atoms with van der Waals surface area (Å²) in [6.07, 6.45) is 9.28. The summed E-state index contributed by atoms with van der Waals surface area (Å²) in [4.78, 5) is 1.74. The molecule has 2 atom stereocenters. The Morgan fingerprint density at radius 2 is 2.08 bits per heavy atom. The van der Waals surface area contributed by atoms with Crippen LogP contribution in [0.3, 0.4) is 0 Å². The van der Waals surface area contributed by atoms with Gasteiger partial charge in [0.05, 0.1) is 5.70 Å². The molecule has 1 aromatic rings. The van der Waals surface area contributed by atoms with E-state index in [-0.39, 0.29) is 6.04 Å². The van der Waals surface area contributed by atoms with E-state index in [0.717, 1.165) is 35.3 Å². The lowest BCUT2D eigenvalue weighted by molar-refractivity contribution is 0.130. The van der Waals surface area contributed by atoms with E-state index < -0.39 is 5.60 Å². The van der Waals surface area contributed by atoms with Gasteiger partial charge >= 0.3 is 0 Å². The summed E-state index contributed by atoms with van der Waals surface area (Å²) >= 11 is 12.7. The SMILES string of the molecule is CCC1CC2=C3C(=CC(Cl)=CC3(O)c3ccccc3Cl)C=C2N1C#N. The molecule has 0 amide bonds. The number of likely N-dealkylation sites (tertiary alicyclic amines) is 1. The van der Waals surface area contributed by atoms with Crippen molar-refractivity contribution >= 4 is 23.2 Å². The van der Waals surface area contributed by atoms with Crippen molar-refractivity contribution in [2.75, 3.05) is 0 Å². The van der Waals surface area contributed by atoms with Crippen LogP contribution in [0.25, 0.3) is 0 Å². The van der Waals surface area contributed by atoms with Gasteiger partial charge in [0.2, 0.25) is 0 Å². The van der Waals surface area contributed by atoms with Crippen molar-refractivity contribution in [2.45, 2.75) is 31.4 Å². The minimum atomic E-state index is -1.41. The molecule has 0 saturated carbocycles. The van der Waals surface area contributed by atoms with Gasteiger partial charge in [-0.25, -0.2) is 0 Å². The molecule has 25 heavy (non-hydrogen) atoms. The van der Waals surface area contributed by atoms with Gasteiger partial charge in [0.25, 0.3) is 0 Å². The molecular weight excluding hydrogens is 355 g/mol. The number of allylic oxidation sites excluding steroid dienone is 4. The molecule has 4 rings (SSSR count). The standard InChI is InChI=1S/C20H16Cl2N2O/c1-2-14-9-15-18(24(14)11-23)8-12-7-13(21)10-20(25,19(12)15)16-5-3-4-6-17(16)22/h3-8,10,14,25H,2,9H2,1H3. The predicted octanol–water partition coefficient (Wildman–Crippen LogP) is 4.75. The molecular formula is C20H16Cl2N2O. The summed E-state index contributed by atoms with van der Waals surface area (Å²) in [5.74, 6) is 0. The number of nitrogens with zero attached hydrogens (tertiary/aromatic N) is 2. The molecule has 1 heterocycles. The fourth-order valence-electron chi connectivity index (χ4n) is 4.03. The zero-order chi connectivity index (χ0) is 17.8. The first-order valence-corrected chi connectivity index (χ1v) is 8.97. The molecule has 1 aliphatic heterocycles. The highest BCUT2D eigenvalue weighted by atomic mass is 35.5. The fourth-order valence-corrected chi connectivity index (χ4v) is 4.58. The molecule has 2 aliphatic carbocycles. The summed E-state index contributed by atoms with van der Waals surface area (Å²) < 4.78 is 0. The molecule has 0 radical (unpaired) electrons. The molecule has 2 unspecified atom stereocenters. The molecule has 1 saturated heterocycles. The Balaban J connectivity index is 1.95. The minimum absolute atomic E-state index is 0.122. The lowest BCUT2D eigenvalue weighted by Crippen LogP contribution is -2.29. The Hall–Kier alpha value is -1.99. The minimum Gasteiger partial charge on any atom is -0.377 e. The van der Waals surface area contributed by atoms with Crippen molar-refractivity contribution < 1.29 is 5.11 Å². The van der Waals surface area contributed by atoms with E-state index in [4.69, 9.17) is 23.2 Å². The van der Waals surface area contributed by atoms with Gasteiger partial charge in [-0.05, 0) is 48.3 Å². The first-order valence-electron chi connectivity index (χ1n) is 8.22. The Morgan fingerprint density at radius 1 is 1.32 bits per heavy atom. The van der Waals surface area contributed by atoms with Crippen LogP contribution in [0.1, 0.15) is 25.3 Å².